The van der Waals surface area contributed by atoms with Crippen molar-refractivity contribution in [1.29, 1.82) is 0 Å². The Morgan fingerprint density at radius 2 is 2.00 bits per heavy atom. The van der Waals surface area contributed by atoms with Gasteiger partial charge in [-0.2, -0.15) is 0 Å². The van der Waals surface area contributed by atoms with Gasteiger partial charge in [0, 0.05) is 12.0 Å². The van der Waals surface area contributed by atoms with Crippen LogP contribution in [0.3, 0.4) is 0 Å². The van der Waals surface area contributed by atoms with Crippen LogP contribution in [0.2, 0.25) is 0 Å². The van der Waals surface area contributed by atoms with Crippen LogP contribution in [0.5, 0.6) is 0 Å². The number of aromatic nitrogens is 3. The second-order valence-corrected chi connectivity index (χ2v) is 6.82. The number of primary sulfonamides is 1. The number of hydrogen-bond donors (Lipinski definition) is 1. The highest BCUT2D eigenvalue weighted by molar-refractivity contribution is 7.89. The van der Waals surface area contributed by atoms with Gasteiger partial charge in [-0.25, -0.2) is 13.6 Å². The summed E-state index contributed by atoms with van der Waals surface area (Å²) < 4.78 is 24.7. The monoisotopic (exact) mass is 272 g/mol. The summed E-state index contributed by atoms with van der Waals surface area (Å²) in [5, 5.41) is 12.9. The van der Waals surface area contributed by atoms with Gasteiger partial charge in [-0.15, -0.1) is 10.2 Å². The molecule has 7 heteroatoms. The number of sulfonamides is 1. The van der Waals surface area contributed by atoms with Gasteiger partial charge < -0.3 is 0 Å². The van der Waals surface area contributed by atoms with Gasteiger partial charge in [-0.05, 0) is 32.6 Å². The van der Waals surface area contributed by atoms with Crippen LogP contribution in [0.1, 0.15) is 57.8 Å². The Hall–Kier alpha value is -0.950. The highest BCUT2D eigenvalue weighted by Gasteiger charge is 2.32. The Morgan fingerprint density at radius 3 is 2.44 bits per heavy atom. The average Bonchev–Trinajstić information content (AvgIpc) is 2.80. The van der Waals surface area contributed by atoms with Gasteiger partial charge in [-0.3, -0.25) is 4.57 Å². The Bertz CT molecular complexity index is 535. The van der Waals surface area contributed by atoms with E-state index >= 15 is 0 Å². The van der Waals surface area contributed by atoms with Gasteiger partial charge in [-0.1, -0.05) is 13.3 Å². The molecule has 0 aliphatic heterocycles. The molecule has 2 N–H and O–H groups in total. The molecule has 1 aliphatic carbocycles. The van der Waals surface area contributed by atoms with Crippen LogP contribution in [0.15, 0.2) is 5.16 Å². The maximum Gasteiger partial charge on any atom is 0.273 e. The van der Waals surface area contributed by atoms with Crippen molar-refractivity contribution in [3.63, 3.8) is 0 Å². The summed E-state index contributed by atoms with van der Waals surface area (Å²) in [6, 6.07) is -0.0175. The maximum absolute atomic E-state index is 11.5. The highest BCUT2D eigenvalue weighted by Crippen LogP contribution is 2.39. The Labute approximate surface area is 108 Å². The van der Waals surface area contributed by atoms with Crippen molar-refractivity contribution in [2.24, 2.45) is 11.1 Å². The molecule has 2 atom stereocenters. The molecule has 1 saturated carbocycles. The van der Waals surface area contributed by atoms with E-state index in [0.717, 1.165) is 25.1 Å². The molecule has 1 fully saturated rings. The summed E-state index contributed by atoms with van der Waals surface area (Å²) >= 11 is 0. The summed E-state index contributed by atoms with van der Waals surface area (Å²) in [6.45, 7) is 6.01. The van der Waals surface area contributed by atoms with Crippen LogP contribution >= 0.6 is 0 Å². The molecule has 2 rings (SSSR count). The molecule has 0 spiro atoms. The second-order valence-electron chi connectivity index (χ2n) is 5.36. The number of hydrogen-bond acceptors (Lipinski definition) is 4. The molecule has 6 nitrogen and oxygen atoms in total. The van der Waals surface area contributed by atoms with Crippen molar-refractivity contribution in [3.8, 4) is 0 Å². The van der Waals surface area contributed by atoms with Gasteiger partial charge in [0.05, 0.1) is 0 Å². The minimum atomic E-state index is -3.82. The standard InChI is InChI=1S/C11H20N4O2S/c1-7(2)15-10(9-6-4-5-8(9)3)13-14-11(15)18(12,16)17/h7-9H,4-6H2,1-3H3,(H2,12,16,17). The van der Waals surface area contributed by atoms with Crippen molar-refractivity contribution in [1.82, 2.24) is 14.8 Å². The van der Waals surface area contributed by atoms with E-state index in [2.05, 4.69) is 17.1 Å². The largest absolute Gasteiger partial charge is 0.298 e. The van der Waals surface area contributed by atoms with Crippen LogP contribution < -0.4 is 5.14 Å². The predicted molar refractivity (Wildman–Crippen MR) is 67.5 cm³/mol. The molecule has 1 aromatic rings. The molecule has 0 saturated heterocycles. The average molecular weight is 272 g/mol. The third-order valence-corrected chi connectivity index (χ3v) is 4.44. The summed E-state index contributed by atoms with van der Waals surface area (Å²) in [6.07, 6.45) is 3.35. The smallest absolute Gasteiger partial charge is 0.273 e. The van der Waals surface area contributed by atoms with Gasteiger partial charge in [0.25, 0.3) is 15.2 Å². The molecule has 1 aliphatic rings. The molecule has 2 unspecified atom stereocenters. The first-order valence-corrected chi connectivity index (χ1v) is 7.84. The zero-order valence-electron chi connectivity index (χ0n) is 11.0. The van der Waals surface area contributed by atoms with Gasteiger partial charge >= 0.3 is 0 Å². The van der Waals surface area contributed by atoms with Crippen LogP contribution in [0, 0.1) is 5.92 Å². The molecule has 1 heterocycles. The molecule has 0 radical (unpaired) electrons. The van der Waals surface area contributed by atoms with Crippen LogP contribution in [-0.2, 0) is 10.0 Å². The van der Waals surface area contributed by atoms with Crippen LogP contribution in [0.4, 0.5) is 0 Å². The fraction of sp³-hybridized carbons (Fsp3) is 0.818. The second kappa shape index (κ2) is 4.62. The van der Waals surface area contributed by atoms with E-state index in [1.54, 1.807) is 4.57 Å². The third kappa shape index (κ3) is 2.29. The first-order valence-electron chi connectivity index (χ1n) is 6.30. The topological polar surface area (TPSA) is 90.9 Å². The van der Waals surface area contributed by atoms with E-state index in [9.17, 15) is 8.42 Å². The fourth-order valence-electron chi connectivity index (χ4n) is 2.75. The highest BCUT2D eigenvalue weighted by atomic mass is 32.2. The van der Waals surface area contributed by atoms with Gasteiger partial charge in [0.2, 0.25) is 0 Å². The zero-order chi connectivity index (χ0) is 13.5. The lowest BCUT2D eigenvalue weighted by Crippen LogP contribution is -2.22. The van der Waals surface area contributed by atoms with Crippen molar-refractivity contribution in [3.05, 3.63) is 5.82 Å². The van der Waals surface area contributed by atoms with E-state index in [4.69, 9.17) is 5.14 Å². The summed E-state index contributed by atoms with van der Waals surface area (Å²) in [7, 11) is -3.82. The molecule has 102 valence electrons. The third-order valence-electron chi connectivity index (χ3n) is 3.65. The lowest BCUT2D eigenvalue weighted by molar-refractivity contribution is 0.443. The van der Waals surface area contributed by atoms with E-state index in [1.807, 2.05) is 13.8 Å². The Morgan fingerprint density at radius 1 is 1.33 bits per heavy atom. The molecule has 0 bridgehead atoms. The molecule has 18 heavy (non-hydrogen) atoms. The van der Waals surface area contributed by atoms with E-state index in [1.165, 1.54) is 0 Å². The first kappa shape index (κ1) is 13.5. The van der Waals surface area contributed by atoms with Crippen LogP contribution in [0.25, 0.3) is 0 Å². The van der Waals surface area contributed by atoms with E-state index < -0.39 is 10.0 Å². The number of rotatable bonds is 3. The molecular formula is C11H20N4O2S. The predicted octanol–water partition coefficient (Wildman–Crippen LogP) is 1.41. The number of nitrogens with zero attached hydrogens (tertiary/aromatic N) is 3. The minimum Gasteiger partial charge on any atom is -0.298 e. The van der Waals surface area contributed by atoms with E-state index in [-0.39, 0.29) is 17.1 Å². The molecule has 1 aromatic heterocycles. The first-order chi connectivity index (χ1) is 8.32. The summed E-state index contributed by atoms with van der Waals surface area (Å²) in [4.78, 5) is 0. The minimum absolute atomic E-state index is 0.0175. The number of nitrogens with two attached hydrogens (primary N) is 1. The van der Waals surface area contributed by atoms with Crippen LogP contribution in [-0.4, -0.2) is 23.2 Å². The quantitative estimate of drug-likeness (QED) is 0.900. The Kier molecular flexibility index (Phi) is 3.46. The fourth-order valence-corrected chi connectivity index (χ4v) is 3.48. The van der Waals surface area contributed by atoms with Gasteiger partial charge in [0.15, 0.2) is 0 Å². The molecule has 0 amide bonds. The van der Waals surface area contributed by atoms with Gasteiger partial charge in [0.1, 0.15) is 5.82 Å². The normalized spacial score (nSPS) is 24.9. The molecular weight excluding hydrogens is 252 g/mol. The molecule has 0 aromatic carbocycles. The lowest BCUT2D eigenvalue weighted by Gasteiger charge is -2.19. The Balaban J connectivity index is 2.52. The van der Waals surface area contributed by atoms with Crippen molar-refractivity contribution >= 4 is 10.0 Å². The van der Waals surface area contributed by atoms with Crippen molar-refractivity contribution in [2.45, 2.75) is 57.1 Å². The van der Waals surface area contributed by atoms with E-state index in [0.29, 0.717) is 5.92 Å². The van der Waals surface area contributed by atoms with Crippen molar-refractivity contribution < 1.29 is 8.42 Å². The maximum atomic E-state index is 11.5. The lowest BCUT2D eigenvalue weighted by atomic mass is 9.97. The SMILES string of the molecule is CC1CCCC1c1nnc(S(N)(=O)=O)n1C(C)C. The summed E-state index contributed by atoms with van der Waals surface area (Å²) in [5.74, 6) is 1.56. The summed E-state index contributed by atoms with van der Waals surface area (Å²) in [5.41, 5.74) is 0. The zero-order valence-corrected chi connectivity index (χ0v) is 11.8. The van der Waals surface area contributed by atoms with Crippen molar-refractivity contribution in [2.75, 3.05) is 0 Å².